The van der Waals surface area contributed by atoms with Crippen molar-refractivity contribution >= 4 is 16.9 Å². The molecule has 0 atom stereocenters. The van der Waals surface area contributed by atoms with E-state index >= 15 is 0 Å². The number of hydrogen-bond acceptors (Lipinski definition) is 4. The van der Waals surface area contributed by atoms with Gasteiger partial charge in [-0.1, -0.05) is 42.0 Å². The smallest absolute Gasteiger partial charge is 0.336 e. The largest absolute Gasteiger partial charge is 0.422 e. The van der Waals surface area contributed by atoms with Gasteiger partial charge >= 0.3 is 5.63 Å². The molecule has 0 aliphatic carbocycles. The van der Waals surface area contributed by atoms with Gasteiger partial charge in [0.2, 0.25) is 5.91 Å². The minimum atomic E-state index is -0.307. The Morgan fingerprint density at radius 1 is 0.967 bits per heavy atom. The number of amides is 1. The molecule has 5 nitrogen and oxygen atoms in total. The minimum absolute atomic E-state index is 0.176. The van der Waals surface area contributed by atoms with Crippen LogP contribution in [0, 0.1) is 20.8 Å². The third-order valence-corrected chi connectivity index (χ3v) is 6.11. The lowest BCUT2D eigenvalue weighted by Crippen LogP contribution is -2.48. The van der Waals surface area contributed by atoms with Gasteiger partial charge in [-0.05, 0) is 43.0 Å². The first-order valence-corrected chi connectivity index (χ1v) is 10.5. The highest BCUT2D eigenvalue weighted by Gasteiger charge is 2.22. The molecule has 156 valence electrons. The molecule has 0 spiro atoms. The molecular formula is C25H28N2O3. The van der Waals surface area contributed by atoms with Crippen molar-refractivity contribution in [3.05, 3.63) is 80.7 Å². The van der Waals surface area contributed by atoms with Gasteiger partial charge in [0, 0.05) is 44.2 Å². The van der Waals surface area contributed by atoms with E-state index in [2.05, 4.69) is 11.0 Å². The molecule has 1 amide bonds. The molecule has 0 unspecified atom stereocenters. The molecule has 0 saturated carbocycles. The first-order chi connectivity index (χ1) is 14.4. The predicted octanol–water partition coefficient (Wildman–Crippen LogP) is 3.61. The Kier molecular flexibility index (Phi) is 5.73. The van der Waals surface area contributed by atoms with E-state index in [0.717, 1.165) is 40.7 Å². The summed E-state index contributed by atoms with van der Waals surface area (Å²) in [6.07, 6.45) is 0.448. The van der Waals surface area contributed by atoms with Crippen LogP contribution in [0.5, 0.6) is 0 Å². The predicted molar refractivity (Wildman–Crippen MR) is 119 cm³/mol. The number of fused-ring (bicyclic) bond motifs is 1. The fraction of sp³-hybridized carbons (Fsp3) is 0.360. The average Bonchev–Trinajstić information content (AvgIpc) is 2.73. The van der Waals surface area contributed by atoms with Crippen LogP contribution in [0.15, 0.2) is 51.7 Å². The third-order valence-electron chi connectivity index (χ3n) is 6.11. The Hall–Kier alpha value is -2.92. The van der Waals surface area contributed by atoms with Crippen molar-refractivity contribution in [2.24, 2.45) is 0 Å². The number of benzene rings is 2. The van der Waals surface area contributed by atoms with Crippen molar-refractivity contribution in [3.63, 3.8) is 0 Å². The molecule has 4 rings (SSSR count). The molecule has 1 saturated heterocycles. The maximum Gasteiger partial charge on any atom is 0.336 e. The normalized spacial score (nSPS) is 15.0. The van der Waals surface area contributed by atoms with Crippen molar-refractivity contribution in [1.82, 2.24) is 9.80 Å². The molecule has 0 bridgehead atoms. The second-order valence-electron chi connectivity index (χ2n) is 8.29. The zero-order valence-electron chi connectivity index (χ0n) is 17.9. The molecule has 3 aromatic rings. The summed E-state index contributed by atoms with van der Waals surface area (Å²) in [6, 6.07) is 13.9. The first-order valence-electron chi connectivity index (χ1n) is 10.5. The van der Waals surface area contributed by atoms with Gasteiger partial charge in [-0.25, -0.2) is 4.79 Å². The summed E-state index contributed by atoms with van der Waals surface area (Å²) in [6.45, 7) is 9.76. The molecule has 5 heteroatoms. The van der Waals surface area contributed by atoms with E-state index < -0.39 is 0 Å². The average molecular weight is 405 g/mol. The standard InChI is InChI=1S/C25H28N2O3/c1-17-4-7-20(8-5-17)14-23(28)27-12-10-26(11-13-27)16-21-15-24(29)30-25-19(3)18(2)6-9-22(21)25/h4-9,15H,10-14,16H2,1-3H3. The third kappa shape index (κ3) is 4.31. The second kappa shape index (κ2) is 8.44. The van der Waals surface area contributed by atoms with Crippen molar-refractivity contribution in [1.29, 1.82) is 0 Å². The van der Waals surface area contributed by atoms with Crippen molar-refractivity contribution in [2.45, 2.75) is 33.7 Å². The summed E-state index contributed by atoms with van der Waals surface area (Å²) in [5, 5.41) is 0.996. The summed E-state index contributed by atoms with van der Waals surface area (Å²) in [5.74, 6) is 0.176. The lowest BCUT2D eigenvalue weighted by Gasteiger charge is -2.35. The zero-order valence-corrected chi connectivity index (χ0v) is 17.9. The number of carbonyl (C=O) groups excluding carboxylic acids is 1. The number of carbonyl (C=O) groups is 1. The van der Waals surface area contributed by atoms with Gasteiger partial charge in [-0.3, -0.25) is 9.69 Å². The number of nitrogens with zero attached hydrogens (tertiary/aromatic N) is 2. The summed E-state index contributed by atoms with van der Waals surface area (Å²) in [5.41, 5.74) is 5.75. The van der Waals surface area contributed by atoms with Crippen LogP contribution in [0.1, 0.15) is 27.8 Å². The Morgan fingerprint density at radius 3 is 2.37 bits per heavy atom. The van der Waals surface area contributed by atoms with Gasteiger partial charge in [-0.15, -0.1) is 0 Å². The van der Waals surface area contributed by atoms with E-state index in [1.807, 2.05) is 56.0 Å². The second-order valence-corrected chi connectivity index (χ2v) is 8.29. The van der Waals surface area contributed by atoms with E-state index in [1.54, 1.807) is 6.07 Å². The molecule has 1 aliphatic heterocycles. The van der Waals surface area contributed by atoms with Gasteiger partial charge < -0.3 is 9.32 Å². The molecule has 0 radical (unpaired) electrons. The zero-order chi connectivity index (χ0) is 21.3. The summed E-state index contributed by atoms with van der Waals surface area (Å²) in [7, 11) is 0. The first kappa shape index (κ1) is 20.4. The number of hydrogen-bond donors (Lipinski definition) is 0. The quantitative estimate of drug-likeness (QED) is 0.624. The van der Waals surface area contributed by atoms with Gasteiger partial charge in [-0.2, -0.15) is 0 Å². The SMILES string of the molecule is Cc1ccc(CC(=O)N2CCN(Cc3cc(=O)oc4c(C)c(C)ccc34)CC2)cc1. The van der Waals surface area contributed by atoms with Crippen LogP contribution < -0.4 is 5.63 Å². The number of piperazine rings is 1. The molecular weight excluding hydrogens is 376 g/mol. The van der Waals surface area contributed by atoms with Gasteiger partial charge in [0.05, 0.1) is 6.42 Å². The van der Waals surface area contributed by atoms with E-state index in [9.17, 15) is 9.59 Å². The maximum absolute atomic E-state index is 12.7. The summed E-state index contributed by atoms with van der Waals surface area (Å²) in [4.78, 5) is 29.0. The fourth-order valence-electron chi connectivity index (χ4n) is 4.04. The number of rotatable bonds is 4. The Bertz CT molecular complexity index is 1120. The van der Waals surface area contributed by atoms with E-state index in [1.165, 1.54) is 5.56 Å². The lowest BCUT2D eigenvalue weighted by molar-refractivity contribution is -0.132. The topological polar surface area (TPSA) is 53.8 Å². The Labute approximate surface area is 176 Å². The van der Waals surface area contributed by atoms with Crippen LogP contribution in [-0.2, 0) is 17.8 Å². The molecule has 2 aromatic carbocycles. The van der Waals surface area contributed by atoms with E-state index in [4.69, 9.17) is 4.42 Å². The summed E-state index contributed by atoms with van der Waals surface area (Å²) >= 11 is 0. The monoisotopic (exact) mass is 404 g/mol. The maximum atomic E-state index is 12.7. The Balaban J connectivity index is 1.41. The minimum Gasteiger partial charge on any atom is -0.422 e. The van der Waals surface area contributed by atoms with Crippen LogP contribution >= 0.6 is 0 Å². The molecule has 2 heterocycles. The Morgan fingerprint density at radius 2 is 1.67 bits per heavy atom. The van der Waals surface area contributed by atoms with E-state index in [-0.39, 0.29) is 11.5 Å². The van der Waals surface area contributed by atoms with E-state index in [0.29, 0.717) is 31.6 Å². The highest BCUT2D eigenvalue weighted by atomic mass is 16.4. The fourth-order valence-corrected chi connectivity index (χ4v) is 4.04. The highest BCUT2D eigenvalue weighted by Crippen LogP contribution is 2.24. The van der Waals surface area contributed by atoms with Gasteiger partial charge in [0.25, 0.3) is 0 Å². The van der Waals surface area contributed by atoms with Crippen LogP contribution in [-0.4, -0.2) is 41.9 Å². The van der Waals surface area contributed by atoms with Gasteiger partial charge in [0.1, 0.15) is 5.58 Å². The molecule has 30 heavy (non-hydrogen) atoms. The molecule has 1 fully saturated rings. The van der Waals surface area contributed by atoms with Crippen molar-refractivity contribution in [3.8, 4) is 0 Å². The lowest BCUT2D eigenvalue weighted by atomic mass is 10.0. The van der Waals surface area contributed by atoms with Gasteiger partial charge in [0.15, 0.2) is 0 Å². The molecule has 0 N–H and O–H groups in total. The number of aryl methyl sites for hydroxylation is 3. The molecule has 1 aromatic heterocycles. The van der Waals surface area contributed by atoms with Crippen molar-refractivity contribution in [2.75, 3.05) is 26.2 Å². The van der Waals surface area contributed by atoms with Crippen LogP contribution in [0.25, 0.3) is 11.0 Å². The highest BCUT2D eigenvalue weighted by molar-refractivity contribution is 5.84. The van der Waals surface area contributed by atoms with Crippen LogP contribution in [0.2, 0.25) is 0 Å². The van der Waals surface area contributed by atoms with Crippen molar-refractivity contribution < 1.29 is 9.21 Å². The van der Waals surface area contributed by atoms with Crippen LogP contribution in [0.4, 0.5) is 0 Å². The molecule has 1 aliphatic rings. The summed E-state index contributed by atoms with van der Waals surface area (Å²) < 4.78 is 5.49. The van der Waals surface area contributed by atoms with Crippen LogP contribution in [0.3, 0.4) is 0 Å².